The van der Waals surface area contributed by atoms with Gasteiger partial charge in [0.15, 0.2) is 6.61 Å². The van der Waals surface area contributed by atoms with Crippen molar-refractivity contribution in [1.82, 2.24) is 10.2 Å². The summed E-state index contributed by atoms with van der Waals surface area (Å²) in [6.07, 6.45) is 6.91. The van der Waals surface area contributed by atoms with Gasteiger partial charge in [-0.3, -0.25) is 9.59 Å². The average Bonchev–Trinajstić information content (AvgIpc) is 3.34. The number of fused-ring (bicyclic) bond motifs is 3. The lowest BCUT2D eigenvalue weighted by Crippen LogP contribution is -2.34. The molecule has 6 nitrogen and oxygen atoms in total. The Morgan fingerprint density at radius 1 is 1.11 bits per heavy atom. The van der Waals surface area contributed by atoms with Gasteiger partial charge in [0.05, 0.1) is 0 Å². The summed E-state index contributed by atoms with van der Waals surface area (Å²) in [5.41, 5.74) is 2.17. The summed E-state index contributed by atoms with van der Waals surface area (Å²) in [5, 5.41) is 3.86. The average molecular weight is 370 g/mol. The molecule has 0 unspecified atom stereocenters. The molecule has 2 amide bonds. The zero-order chi connectivity index (χ0) is 18.6. The van der Waals surface area contributed by atoms with Crippen molar-refractivity contribution >= 4 is 22.8 Å². The second kappa shape index (κ2) is 8.03. The first kappa shape index (κ1) is 17.9. The summed E-state index contributed by atoms with van der Waals surface area (Å²) in [7, 11) is 0. The van der Waals surface area contributed by atoms with Gasteiger partial charge in [0.1, 0.15) is 17.1 Å². The number of rotatable bonds is 6. The van der Waals surface area contributed by atoms with Crippen LogP contribution in [0.5, 0.6) is 5.75 Å². The molecule has 1 aliphatic heterocycles. The fourth-order valence-corrected chi connectivity index (χ4v) is 3.96. The normalized spacial score (nSPS) is 16.4. The van der Waals surface area contributed by atoms with Gasteiger partial charge in [-0.25, -0.2) is 0 Å². The molecule has 1 saturated heterocycles. The van der Waals surface area contributed by atoms with Gasteiger partial charge in [-0.15, -0.1) is 0 Å². The second-order valence-corrected chi connectivity index (χ2v) is 7.35. The van der Waals surface area contributed by atoms with Crippen LogP contribution in [0.1, 0.15) is 43.4 Å². The Balaban J connectivity index is 1.26. The summed E-state index contributed by atoms with van der Waals surface area (Å²) in [5.74, 6) is 1.66. The van der Waals surface area contributed by atoms with Crippen LogP contribution in [0, 0.1) is 0 Å². The predicted molar refractivity (Wildman–Crippen MR) is 102 cm³/mol. The molecule has 1 aromatic heterocycles. The number of aryl methyl sites for hydroxylation is 2. The van der Waals surface area contributed by atoms with E-state index in [0.29, 0.717) is 18.7 Å². The third-order valence-electron chi connectivity index (χ3n) is 5.42. The molecule has 6 heteroatoms. The Bertz CT molecular complexity index is 836. The summed E-state index contributed by atoms with van der Waals surface area (Å²) < 4.78 is 11.6. The van der Waals surface area contributed by atoms with Gasteiger partial charge >= 0.3 is 0 Å². The number of hydrogen-bond acceptors (Lipinski definition) is 4. The number of nitrogens with zero attached hydrogens (tertiary/aromatic N) is 1. The van der Waals surface area contributed by atoms with E-state index in [9.17, 15) is 9.59 Å². The maximum absolute atomic E-state index is 12.0. The number of nitrogens with one attached hydrogen (secondary N) is 1. The molecule has 4 rings (SSSR count). The van der Waals surface area contributed by atoms with Crippen LogP contribution in [-0.4, -0.2) is 43.0 Å². The van der Waals surface area contributed by atoms with Gasteiger partial charge < -0.3 is 19.4 Å². The van der Waals surface area contributed by atoms with Gasteiger partial charge in [-0.2, -0.15) is 0 Å². The topological polar surface area (TPSA) is 71.8 Å². The highest BCUT2D eigenvalue weighted by molar-refractivity contribution is 5.84. The van der Waals surface area contributed by atoms with E-state index in [1.54, 1.807) is 0 Å². The van der Waals surface area contributed by atoms with Crippen molar-refractivity contribution in [3.05, 3.63) is 29.5 Å². The number of amides is 2. The van der Waals surface area contributed by atoms with Crippen molar-refractivity contribution in [2.24, 2.45) is 0 Å². The number of furan rings is 1. The minimum absolute atomic E-state index is 0.0521. The highest BCUT2D eigenvalue weighted by atomic mass is 16.5. The maximum Gasteiger partial charge on any atom is 0.257 e. The van der Waals surface area contributed by atoms with Gasteiger partial charge in [0, 0.05) is 43.4 Å². The van der Waals surface area contributed by atoms with E-state index in [2.05, 4.69) is 5.32 Å². The molecule has 2 aliphatic rings. The molecule has 0 bridgehead atoms. The molecule has 1 N–H and O–H groups in total. The summed E-state index contributed by atoms with van der Waals surface area (Å²) in [4.78, 5) is 25.8. The highest BCUT2D eigenvalue weighted by Crippen LogP contribution is 2.33. The largest absolute Gasteiger partial charge is 0.484 e. The number of carbonyl (C=O) groups excluding carboxylic acids is 2. The zero-order valence-electron chi connectivity index (χ0n) is 15.6. The van der Waals surface area contributed by atoms with Crippen molar-refractivity contribution in [2.45, 2.75) is 44.9 Å². The molecule has 1 aliphatic carbocycles. The van der Waals surface area contributed by atoms with Crippen molar-refractivity contribution < 1.29 is 18.7 Å². The molecule has 27 heavy (non-hydrogen) atoms. The van der Waals surface area contributed by atoms with Crippen molar-refractivity contribution in [1.29, 1.82) is 0 Å². The van der Waals surface area contributed by atoms with Crippen LogP contribution in [0.4, 0.5) is 0 Å². The van der Waals surface area contributed by atoms with Gasteiger partial charge in [-0.05, 0) is 50.3 Å². The van der Waals surface area contributed by atoms with Crippen molar-refractivity contribution in [2.75, 3.05) is 26.2 Å². The molecule has 0 radical (unpaired) electrons. The van der Waals surface area contributed by atoms with Crippen LogP contribution in [0.2, 0.25) is 0 Å². The van der Waals surface area contributed by atoms with Crippen LogP contribution in [0.3, 0.4) is 0 Å². The Labute approximate surface area is 158 Å². The summed E-state index contributed by atoms with van der Waals surface area (Å²) in [6.45, 7) is 1.99. The first-order valence-electron chi connectivity index (χ1n) is 9.92. The molecule has 1 aromatic carbocycles. The minimum atomic E-state index is -0.210. The first-order valence-corrected chi connectivity index (χ1v) is 9.92. The number of hydrogen-bond donors (Lipinski definition) is 1. The Hall–Kier alpha value is -2.50. The van der Waals surface area contributed by atoms with Gasteiger partial charge in [-0.1, -0.05) is 0 Å². The monoisotopic (exact) mass is 370 g/mol. The van der Waals surface area contributed by atoms with E-state index in [1.165, 1.54) is 18.4 Å². The lowest BCUT2D eigenvalue weighted by molar-refractivity contribution is -0.130. The standard InChI is InChI=1S/C21H26N2O4/c24-20(22-10-9-21(25)23-11-3-4-12-23)14-26-15-7-8-19-17(13-15)16-5-1-2-6-18(16)27-19/h7-8,13H,1-6,9-12,14H2,(H,22,24). The predicted octanol–water partition coefficient (Wildman–Crippen LogP) is 2.82. The maximum atomic E-state index is 12.0. The SMILES string of the molecule is O=C(COc1ccc2oc3c(c2c1)CCCC3)NCCC(=O)N1CCCC1. The van der Waals surface area contributed by atoms with E-state index in [4.69, 9.17) is 9.15 Å². The van der Waals surface area contributed by atoms with E-state index >= 15 is 0 Å². The van der Waals surface area contributed by atoms with Gasteiger partial charge in [0.2, 0.25) is 5.91 Å². The molecule has 0 saturated carbocycles. The molecule has 0 spiro atoms. The molecular formula is C21H26N2O4. The first-order chi connectivity index (χ1) is 13.2. The van der Waals surface area contributed by atoms with Crippen LogP contribution in [-0.2, 0) is 22.4 Å². The lowest BCUT2D eigenvalue weighted by Gasteiger charge is -2.15. The van der Waals surface area contributed by atoms with Crippen molar-refractivity contribution in [3.8, 4) is 5.75 Å². The van der Waals surface area contributed by atoms with E-state index in [-0.39, 0.29) is 18.4 Å². The number of carbonyl (C=O) groups is 2. The van der Waals surface area contributed by atoms with Crippen molar-refractivity contribution in [3.63, 3.8) is 0 Å². The number of ether oxygens (including phenoxy) is 1. The number of likely N-dealkylation sites (tertiary alicyclic amines) is 1. The van der Waals surface area contributed by atoms with Crippen LogP contribution < -0.4 is 10.1 Å². The van der Waals surface area contributed by atoms with Crippen LogP contribution in [0.25, 0.3) is 11.0 Å². The summed E-state index contributed by atoms with van der Waals surface area (Å²) >= 11 is 0. The molecule has 2 aromatic rings. The lowest BCUT2D eigenvalue weighted by atomic mass is 9.96. The quantitative estimate of drug-likeness (QED) is 0.849. The van der Waals surface area contributed by atoms with E-state index in [0.717, 1.165) is 55.5 Å². The zero-order valence-corrected chi connectivity index (χ0v) is 15.6. The third kappa shape index (κ3) is 4.10. The Kier molecular flexibility index (Phi) is 5.32. The molecular weight excluding hydrogens is 344 g/mol. The fourth-order valence-electron chi connectivity index (χ4n) is 3.96. The van der Waals surface area contributed by atoms with Crippen LogP contribution >= 0.6 is 0 Å². The van der Waals surface area contributed by atoms with E-state index < -0.39 is 0 Å². The molecule has 0 atom stereocenters. The van der Waals surface area contributed by atoms with Crippen LogP contribution in [0.15, 0.2) is 22.6 Å². The molecule has 1 fully saturated rings. The molecule has 144 valence electrons. The number of benzene rings is 1. The van der Waals surface area contributed by atoms with Gasteiger partial charge in [0.25, 0.3) is 5.91 Å². The fraction of sp³-hybridized carbons (Fsp3) is 0.524. The second-order valence-electron chi connectivity index (χ2n) is 7.35. The highest BCUT2D eigenvalue weighted by Gasteiger charge is 2.19. The Morgan fingerprint density at radius 3 is 2.78 bits per heavy atom. The molecule has 2 heterocycles. The smallest absolute Gasteiger partial charge is 0.257 e. The summed E-state index contributed by atoms with van der Waals surface area (Å²) in [6, 6.07) is 5.71. The third-order valence-corrected chi connectivity index (χ3v) is 5.42. The Morgan fingerprint density at radius 2 is 1.93 bits per heavy atom. The van der Waals surface area contributed by atoms with E-state index in [1.807, 2.05) is 23.1 Å². The minimum Gasteiger partial charge on any atom is -0.484 e.